The zero-order valence-electron chi connectivity index (χ0n) is 29.1. The molecule has 2 saturated carbocycles. The minimum Gasteiger partial charge on any atom is -0.459 e. The van der Waals surface area contributed by atoms with Gasteiger partial charge in [0.1, 0.15) is 12.2 Å². The number of carbonyl (C=O) groups excluding carboxylic acids is 4. The number of ether oxygens (including phenoxy) is 5. The second kappa shape index (κ2) is 12.8. The number of aliphatic hydroxyl groups excluding tert-OH is 1. The Kier molecular flexibility index (Phi) is 9.75. The van der Waals surface area contributed by atoms with Crippen LogP contribution in [0.4, 0.5) is 4.79 Å². The lowest BCUT2D eigenvalue weighted by Crippen LogP contribution is -2.78. The molecule has 0 radical (unpaired) electrons. The third-order valence-electron chi connectivity index (χ3n) is 12.5. The summed E-state index contributed by atoms with van der Waals surface area (Å²) in [4.78, 5) is 54.0. The summed E-state index contributed by atoms with van der Waals surface area (Å²) in [5.41, 5.74) is -3.35. The Bertz CT molecular complexity index is 1350. The van der Waals surface area contributed by atoms with Crippen LogP contribution in [0.5, 0.6) is 0 Å². The van der Waals surface area contributed by atoms with Crippen LogP contribution in [0.25, 0.3) is 0 Å². The maximum atomic E-state index is 13.8. The first-order valence-electron chi connectivity index (χ1n) is 17.2. The van der Waals surface area contributed by atoms with Gasteiger partial charge in [0.15, 0.2) is 17.7 Å². The van der Waals surface area contributed by atoms with Crippen molar-refractivity contribution in [2.24, 2.45) is 46.3 Å². The maximum absolute atomic E-state index is 13.8. The van der Waals surface area contributed by atoms with Crippen molar-refractivity contribution in [1.29, 1.82) is 0 Å². The highest BCUT2D eigenvalue weighted by Gasteiger charge is 2.84. The third-order valence-corrected chi connectivity index (χ3v) is 12.5. The van der Waals surface area contributed by atoms with E-state index in [1.54, 1.807) is 54.5 Å². The highest BCUT2D eigenvalue weighted by Crippen LogP contribution is 2.74. The molecule has 1 spiro atoms. The van der Waals surface area contributed by atoms with Crippen molar-refractivity contribution >= 4 is 23.9 Å². The number of rotatable bonds is 11. The number of hydrogen-bond acceptors (Lipinski definition) is 12. The van der Waals surface area contributed by atoms with Crippen molar-refractivity contribution < 1.29 is 58.2 Å². The lowest BCUT2D eigenvalue weighted by Gasteiger charge is -2.68. The molecule has 48 heavy (non-hydrogen) atoms. The normalized spacial score (nSPS) is 40.0. The van der Waals surface area contributed by atoms with E-state index in [2.05, 4.69) is 6.58 Å². The molecule has 0 aromatic carbocycles. The summed E-state index contributed by atoms with van der Waals surface area (Å²) in [5, 5.41) is 35.4. The maximum Gasteiger partial charge on any atom is 0.509 e. The van der Waals surface area contributed by atoms with E-state index in [1.807, 2.05) is 0 Å². The van der Waals surface area contributed by atoms with Gasteiger partial charge in [-0.2, -0.15) is 0 Å². The second-order valence-corrected chi connectivity index (χ2v) is 15.6. The minimum absolute atomic E-state index is 0.0785. The molecule has 4 fully saturated rings. The molecule has 5 aliphatic rings. The molecule has 2 aliphatic heterocycles. The van der Waals surface area contributed by atoms with Gasteiger partial charge in [0, 0.05) is 22.7 Å². The van der Waals surface area contributed by atoms with Crippen molar-refractivity contribution in [2.75, 3.05) is 13.2 Å². The van der Waals surface area contributed by atoms with Gasteiger partial charge in [0.2, 0.25) is 6.10 Å². The fraction of sp³-hybridized carbons (Fsp3) is 0.778. The molecule has 3 N–H and O–H groups in total. The number of hydrogen-bond donors (Lipinski definition) is 3. The Morgan fingerprint density at radius 2 is 1.83 bits per heavy atom. The van der Waals surface area contributed by atoms with Crippen LogP contribution in [0.1, 0.15) is 80.6 Å². The quantitative estimate of drug-likeness (QED) is 0.126. The number of aliphatic hydroxyl groups is 3. The number of ketones is 1. The predicted octanol–water partition coefficient (Wildman–Crippen LogP) is 3.64. The first-order valence-corrected chi connectivity index (χ1v) is 17.2. The van der Waals surface area contributed by atoms with Gasteiger partial charge in [-0.3, -0.25) is 9.59 Å². The summed E-state index contributed by atoms with van der Waals surface area (Å²) in [6, 6.07) is 0. The molecule has 2 heterocycles. The molecule has 12 nitrogen and oxygen atoms in total. The minimum atomic E-state index is -2.22. The van der Waals surface area contributed by atoms with Crippen LogP contribution >= 0.6 is 0 Å². The molecule has 268 valence electrons. The van der Waals surface area contributed by atoms with Crippen molar-refractivity contribution in [1.82, 2.24) is 0 Å². The van der Waals surface area contributed by atoms with Crippen LogP contribution in [-0.2, 0) is 38.1 Å². The van der Waals surface area contributed by atoms with Gasteiger partial charge in [0.25, 0.3) is 0 Å². The summed E-state index contributed by atoms with van der Waals surface area (Å²) in [6.07, 6.45) is -1.27. The van der Waals surface area contributed by atoms with Gasteiger partial charge in [-0.25, -0.2) is 9.59 Å². The molecular weight excluding hydrogens is 624 g/mol. The summed E-state index contributed by atoms with van der Waals surface area (Å²) in [7, 11) is 0. The standard InChI is InChI=1S/C36H52O12/c1-9-10-11-12-13-44-32(41)48-29-23(37)14-20(6)22-15-24-34-17-45-36(43,31(34)33(22,29)8)28(39)21(7)26(34)27(30(40)46-24)47-25(38)16-35(42,18(2)3)19(4)5/h9,14,18-19,21-22,24,26-29,31,39,42-43H,1,10-13,15-17H2,2-8H3/t21-,22+,24-,26?,27?,28-,29-,31?,33-,34+,36-/m1/s1. The first kappa shape index (κ1) is 36.5. The van der Waals surface area contributed by atoms with Crippen molar-refractivity contribution in [2.45, 2.75) is 116 Å². The lowest BCUT2D eigenvalue weighted by molar-refractivity contribution is -0.340. The zero-order valence-corrected chi connectivity index (χ0v) is 29.1. The van der Waals surface area contributed by atoms with E-state index < -0.39 is 94.2 Å². The van der Waals surface area contributed by atoms with E-state index >= 15 is 0 Å². The third kappa shape index (κ3) is 5.32. The summed E-state index contributed by atoms with van der Waals surface area (Å²) in [6.45, 7) is 15.9. The van der Waals surface area contributed by atoms with Crippen LogP contribution in [0.15, 0.2) is 24.3 Å². The monoisotopic (exact) mass is 676 g/mol. The van der Waals surface area contributed by atoms with E-state index in [4.69, 9.17) is 23.7 Å². The molecule has 0 amide bonds. The van der Waals surface area contributed by atoms with Crippen LogP contribution in [0, 0.1) is 46.3 Å². The fourth-order valence-corrected chi connectivity index (χ4v) is 10.1. The molecule has 5 rings (SSSR count). The molecule has 2 bridgehead atoms. The van der Waals surface area contributed by atoms with Gasteiger partial charge < -0.3 is 39.0 Å². The van der Waals surface area contributed by atoms with E-state index in [0.29, 0.717) is 12.0 Å². The van der Waals surface area contributed by atoms with E-state index in [-0.39, 0.29) is 37.9 Å². The summed E-state index contributed by atoms with van der Waals surface area (Å²) < 4.78 is 29.2. The van der Waals surface area contributed by atoms with Gasteiger partial charge >= 0.3 is 18.1 Å². The predicted molar refractivity (Wildman–Crippen MR) is 170 cm³/mol. The van der Waals surface area contributed by atoms with Crippen LogP contribution < -0.4 is 0 Å². The molecule has 12 heteroatoms. The number of fused-ring (bicyclic) bond motifs is 1. The first-order chi connectivity index (χ1) is 22.4. The van der Waals surface area contributed by atoms with Crippen molar-refractivity contribution in [3.05, 3.63) is 24.3 Å². The highest BCUT2D eigenvalue weighted by atomic mass is 16.7. The highest BCUT2D eigenvalue weighted by molar-refractivity contribution is 5.97. The Morgan fingerprint density at radius 1 is 1.17 bits per heavy atom. The smallest absolute Gasteiger partial charge is 0.459 e. The van der Waals surface area contributed by atoms with Crippen molar-refractivity contribution in [3.63, 3.8) is 0 Å². The number of unbranched alkanes of at least 4 members (excludes halogenated alkanes) is 2. The molecule has 2 saturated heterocycles. The van der Waals surface area contributed by atoms with Gasteiger partial charge in [-0.1, -0.05) is 53.2 Å². The molecule has 3 aliphatic carbocycles. The Morgan fingerprint density at radius 3 is 2.46 bits per heavy atom. The average Bonchev–Trinajstić information content (AvgIpc) is 3.29. The zero-order chi connectivity index (χ0) is 35.6. The molecule has 0 aromatic rings. The van der Waals surface area contributed by atoms with Gasteiger partial charge in [0.05, 0.1) is 25.2 Å². The average molecular weight is 677 g/mol. The number of esters is 2. The fourth-order valence-electron chi connectivity index (χ4n) is 10.1. The molecule has 0 aromatic heterocycles. The van der Waals surface area contributed by atoms with E-state index in [9.17, 15) is 34.5 Å². The SMILES string of the molecule is C=CCCCCOC(=O)O[C@@H]1C(=O)C=C(C)[C@@H]2C[C@H]3OC(=O)C(OC(=O)CC(O)(C(C)C)C(C)C)C4[C@@H](C)[C@@H](O)[C@@]5(O)OC[C@@]43C5[C@@]12C. The van der Waals surface area contributed by atoms with Crippen molar-refractivity contribution in [3.8, 4) is 0 Å². The largest absolute Gasteiger partial charge is 0.509 e. The van der Waals surface area contributed by atoms with Crippen LogP contribution in [-0.4, -0.2) is 88.2 Å². The van der Waals surface area contributed by atoms with E-state index in [0.717, 1.165) is 12.8 Å². The topological polar surface area (TPSA) is 175 Å². The Balaban J connectivity index is 1.54. The molecule has 11 atom stereocenters. The van der Waals surface area contributed by atoms with Crippen LogP contribution in [0.3, 0.4) is 0 Å². The van der Waals surface area contributed by atoms with E-state index in [1.165, 1.54) is 6.08 Å². The molecule has 3 unspecified atom stereocenters. The Labute approximate surface area is 282 Å². The van der Waals surface area contributed by atoms with Gasteiger partial charge in [-0.15, -0.1) is 6.58 Å². The number of allylic oxidation sites excluding steroid dienone is 2. The van der Waals surface area contributed by atoms with Crippen LogP contribution in [0.2, 0.25) is 0 Å². The summed E-state index contributed by atoms with van der Waals surface area (Å²) >= 11 is 0. The summed E-state index contributed by atoms with van der Waals surface area (Å²) in [5.74, 6) is -8.28. The second-order valence-electron chi connectivity index (χ2n) is 15.6. The molecular formula is C36H52O12. The lowest BCUT2D eigenvalue weighted by atomic mass is 9.38. The van der Waals surface area contributed by atoms with Gasteiger partial charge in [-0.05, 0) is 62.4 Å². The number of carbonyl (C=O) groups is 4. The Hall–Kier alpha value is -2.80.